The minimum absolute atomic E-state index is 0.147. The largest absolute Gasteiger partial charge is 0.269 e. The number of hydrogen-bond donors (Lipinski definition) is 0. The lowest BCUT2D eigenvalue weighted by atomic mass is 10.1. The molecule has 0 fully saturated rings. The number of carbonyl (C=O) groups is 2. The van der Waals surface area contributed by atoms with E-state index in [0.717, 1.165) is 12.2 Å². The summed E-state index contributed by atoms with van der Waals surface area (Å²) >= 11 is 1.68. The Kier molecular flexibility index (Phi) is 6.30. The molecule has 0 spiro atoms. The van der Waals surface area contributed by atoms with Crippen LogP contribution in [0.15, 0.2) is 24.3 Å². The Morgan fingerprint density at radius 3 is 2.10 bits per heavy atom. The van der Waals surface area contributed by atoms with Gasteiger partial charge < -0.3 is 0 Å². The SMILES string of the molecule is CCCCCCCCSCN1C(=O)c2ccccc2C1=O. The number of fused-ring (bicyclic) bond motifs is 1. The van der Waals surface area contributed by atoms with Crippen molar-refractivity contribution in [2.24, 2.45) is 0 Å². The highest BCUT2D eigenvalue weighted by molar-refractivity contribution is 7.99. The summed E-state index contributed by atoms with van der Waals surface area (Å²) in [5.41, 5.74) is 1.09. The molecular weight excluding hydrogens is 282 g/mol. The van der Waals surface area contributed by atoms with Crippen LogP contribution >= 0.6 is 11.8 Å². The van der Waals surface area contributed by atoms with Crippen LogP contribution in [-0.4, -0.2) is 28.3 Å². The fourth-order valence-corrected chi connectivity index (χ4v) is 3.45. The Morgan fingerprint density at radius 2 is 1.48 bits per heavy atom. The minimum atomic E-state index is -0.147. The molecule has 21 heavy (non-hydrogen) atoms. The average molecular weight is 305 g/mol. The van der Waals surface area contributed by atoms with Crippen LogP contribution in [0.5, 0.6) is 0 Å². The van der Waals surface area contributed by atoms with Crippen LogP contribution in [0.2, 0.25) is 0 Å². The molecule has 1 aliphatic rings. The number of unbranched alkanes of at least 4 members (excludes halogenated alkanes) is 5. The standard InChI is InChI=1S/C17H23NO2S/c1-2-3-4-5-6-9-12-21-13-18-16(19)14-10-7-8-11-15(14)17(18)20/h7-8,10-11H,2-6,9,12-13H2,1H3. The molecular formula is C17H23NO2S. The van der Waals surface area contributed by atoms with Gasteiger partial charge in [0.1, 0.15) is 0 Å². The number of benzene rings is 1. The quantitative estimate of drug-likeness (QED) is 0.503. The van der Waals surface area contributed by atoms with Crippen molar-refractivity contribution in [3.8, 4) is 0 Å². The summed E-state index contributed by atoms with van der Waals surface area (Å²) in [5.74, 6) is 1.19. The molecule has 3 nitrogen and oxygen atoms in total. The number of thioether (sulfide) groups is 1. The second kappa shape index (κ2) is 8.23. The molecule has 4 heteroatoms. The maximum Gasteiger partial charge on any atom is 0.262 e. The van der Waals surface area contributed by atoms with Gasteiger partial charge in [-0.3, -0.25) is 14.5 Å². The zero-order valence-corrected chi connectivity index (χ0v) is 13.5. The van der Waals surface area contributed by atoms with Gasteiger partial charge in [-0.25, -0.2) is 0 Å². The second-order valence-electron chi connectivity index (χ2n) is 5.39. The smallest absolute Gasteiger partial charge is 0.262 e. The lowest BCUT2D eigenvalue weighted by molar-refractivity contribution is 0.0684. The van der Waals surface area contributed by atoms with Crippen molar-refractivity contribution in [2.45, 2.75) is 45.4 Å². The van der Waals surface area contributed by atoms with Gasteiger partial charge in [0.2, 0.25) is 0 Å². The Balaban J connectivity index is 1.69. The maximum atomic E-state index is 12.1. The molecule has 0 saturated heterocycles. The first-order valence-electron chi connectivity index (χ1n) is 7.78. The Bertz CT molecular complexity index is 466. The number of amides is 2. The van der Waals surface area contributed by atoms with Gasteiger partial charge in [-0.2, -0.15) is 0 Å². The van der Waals surface area contributed by atoms with Gasteiger partial charge >= 0.3 is 0 Å². The first-order chi connectivity index (χ1) is 10.3. The van der Waals surface area contributed by atoms with E-state index in [1.54, 1.807) is 36.0 Å². The normalized spacial score (nSPS) is 13.9. The number of rotatable bonds is 9. The molecule has 0 atom stereocenters. The Morgan fingerprint density at radius 1 is 0.905 bits per heavy atom. The third-order valence-electron chi connectivity index (χ3n) is 3.74. The molecule has 0 radical (unpaired) electrons. The fourth-order valence-electron chi connectivity index (χ4n) is 2.50. The van der Waals surface area contributed by atoms with Gasteiger partial charge in [-0.05, 0) is 24.3 Å². The van der Waals surface area contributed by atoms with Crippen molar-refractivity contribution in [3.05, 3.63) is 35.4 Å². The Hall–Kier alpha value is -1.29. The summed E-state index contributed by atoms with van der Waals surface area (Å²) in [5, 5.41) is 0. The lowest BCUT2D eigenvalue weighted by Gasteiger charge is -2.12. The fraction of sp³-hybridized carbons (Fsp3) is 0.529. The number of hydrogen-bond acceptors (Lipinski definition) is 3. The monoisotopic (exact) mass is 305 g/mol. The van der Waals surface area contributed by atoms with E-state index < -0.39 is 0 Å². The highest BCUT2D eigenvalue weighted by Gasteiger charge is 2.34. The molecule has 1 aromatic rings. The van der Waals surface area contributed by atoms with Crippen molar-refractivity contribution in [1.29, 1.82) is 0 Å². The first-order valence-corrected chi connectivity index (χ1v) is 8.94. The van der Waals surface area contributed by atoms with Crippen LogP contribution in [-0.2, 0) is 0 Å². The van der Waals surface area contributed by atoms with Gasteiger partial charge in [0.15, 0.2) is 0 Å². The summed E-state index contributed by atoms with van der Waals surface area (Å²) in [6.07, 6.45) is 7.62. The molecule has 0 N–H and O–H groups in total. The summed E-state index contributed by atoms with van der Waals surface area (Å²) in [7, 11) is 0. The first kappa shape index (κ1) is 16.1. The van der Waals surface area contributed by atoms with E-state index in [1.807, 2.05) is 0 Å². The number of imide groups is 1. The van der Waals surface area contributed by atoms with Crippen molar-refractivity contribution in [3.63, 3.8) is 0 Å². The summed E-state index contributed by atoms with van der Waals surface area (Å²) in [4.78, 5) is 25.6. The van der Waals surface area contributed by atoms with Gasteiger partial charge in [-0.1, -0.05) is 51.2 Å². The van der Waals surface area contributed by atoms with Crippen LogP contribution < -0.4 is 0 Å². The van der Waals surface area contributed by atoms with E-state index in [2.05, 4.69) is 6.92 Å². The molecule has 2 rings (SSSR count). The number of carbonyl (C=O) groups excluding carboxylic acids is 2. The van der Waals surface area contributed by atoms with Gasteiger partial charge in [0.25, 0.3) is 11.8 Å². The van der Waals surface area contributed by atoms with Crippen molar-refractivity contribution in [2.75, 3.05) is 11.6 Å². The van der Waals surface area contributed by atoms with Gasteiger partial charge in [0.05, 0.1) is 17.0 Å². The van der Waals surface area contributed by atoms with Crippen LogP contribution in [0, 0.1) is 0 Å². The third-order valence-corrected chi connectivity index (χ3v) is 4.76. The van der Waals surface area contributed by atoms with E-state index in [1.165, 1.54) is 37.0 Å². The molecule has 0 aromatic heterocycles. The molecule has 1 aromatic carbocycles. The molecule has 1 heterocycles. The van der Waals surface area contributed by atoms with E-state index in [4.69, 9.17) is 0 Å². The zero-order valence-electron chi connectivity index (χ0n) is 12.6. The summed E-state index contributed by atoms with van der Waals surface area (Å²) < 4.78 is 0. The summed E-state index contributed by atoms with van der Waals surface area (Å²) in [6, 6.07) is 7.07. The predicted octanol–water partition coefficient (Wildman–Crippen LogP) is 4.33. The van der Waals surface area contributed by atoms with Crippen LogP contribution in [0.3, 0.4) is 0 Å². The van der Waals surface area contributed by atoms with Crippen LogP contribution in [0.1, 0.15) is 66.2 Å². The number of nitrogens with zero attached hydrogens (tertiary/aromatic N) is 1. The molecule has 0 unspecified atom stereocenters. The zero-order chi connectivity index (χ0) is 15.1. The van der Waals surface area contributed by atoms with E-state index >= 15 is 0 Å². The molecule has 0 aliphatic carbocycles. The molecule has 114 valence electrons. The van der Waals surface area contributed by atoms with Crippen molar-refractivity contribution >= 4 is 23.6 Å². The van der Waals surface area contributed by atoms with E-state index in [9.17, 15) is 9.59 Å². The van der Waals surface area contributed by atoms with Gasteiger partial charge in [-0.15, -0.1) is 11.8 Å². The Labute approximate surface area is 131 Å². The van der Waals surface area contributed by atoms with Crippen LogP contribution in [0.4, 0.5) is 0 Å². The molecule has 0 saturated carbocycles. The average Bonchev–Trinajstić information content (AvgIpc) is 2.75. The molecule has 2 amide bonds. The topological polar surface area (TPSA) is 37.4 Å². The highest BCUT2D eigenvalue weighted by Crippen LogP contribution is 2.24. The van der Waals surface area contributed by atoms with Crippen LogP contribution in [0.25, 0.3) is 0 Å². The van der Waals surface area contributed by atoms with E-state index in [-0.39, 0.29) is 11.8 Å². The summed E-state index contributed by atoms with van der Waals surface area (Å²) in [6.45, 7) is 2.22. The van der Waals surface area contributed by atoms with Crippen molar-refractivity contribution in [1.82, 2.24) is 4.90 Å². The minimum Gasteiger partial charge on any atom is -0.269 e. The third kappa shape index (κ3) is 4.10. The second-order valence-corrected chi connectivity index (χ2v) is 6.46. The maximum absolute atomic E-state index is 12.1. The van der Waals surface area contributed by atoms with E-state index in [0.29, 0.717) is 17.0 Å². The van der Waals surface area contributed by atoms with Gasteiger partial charge in [0, 0.05) is 0 Å². The molecule has 0 bridgehead atoms. The lowest BCUT2D eigenvalue weighted by Crippen LogP contribution is -2.29. The predicted molar refractivity (Wildman–Crippen MR) is 87.6 cm³/mol. The highest BCUT2D eigenvalue weighted by atomic mass is 32.2. The van der Waals surface area contributed by atoms with Crippen molar-refractivity contribution < 1.29 is 9.59 Å². The molecule has 1 aliphatic heterocycles.